The van der Waals surface area contributed by atoms with Gasteiger partial charge in [0.2, 0.25) is 18.2 Å². The van der Waals surface area contributed by atoms with E-state index in [0.29, 0.717) is 19.4 Å². The highest BCUT2D eigenvalue weighted by Crippen LogP contribution is 2.38. The van der Waals surface area contributed by atoms with Gasteiger partial charge in [-0.15, -0.1) is 0 Å². The predicted octanol–water partition coefficient (Wildman–Crippen LogP) is 2.55. The molecule has 1 aliphatic heterocycles. The molecule has 3 N–H and O–H groups in total. The van der Waals surface area contributed by atoms with Gasteiger partial charge in [0.25, 0.3) is 0 Å². The molecular formula is C28H42BN5O5. The van der Waals surface area contributed by atoms with Crippen LogP contribution in [0.5, 0.6) is 0 Å². The van der Waals surface area contributed by atoms with E-state index in [1.807, 2.05) is 52.8 Å². The third-order valence-corrected chi connectivity index (χ3v) is 6.79. The van der Waals surface area contributed by atoms with E-state index >= 15 is 0 Å². The summed E-state index contributed by atoms with van der Waals surface area (Å²) in [7, 11) is -0.638. The number of carbonyl (C=O) groups is 3. The largest absolute Gasteiger partial charge is 0.481 e. The van der Waals surface area contributed by atoms with E-state index in [4.69, 9.17) is 9.31 Å². The van der Waals surface area contributed by atoms with E-state index < -0.39 is 36.2 Å². The SMILES string of the molecule is CCNC(=O)CC(NC=O)C(=O)NC(CCCc1ccccc1)B1OC(C)(C)C(C)(C)O1.Cc1cnccn1. The zero-order valence-electron chi connectivity index (χ0n) is 23.9. The fourth-order valence-electron chi connectivity index (χ4n) is 3.92. The molecule has 1 fully saturated rings. The molecule has 2 atom stereocenters. The Labute approximate surface area is 232 Å². The van der Waals surface area contributed by atoms with Crippen LogP contribution in [0, 0.1) is 6.92 Å². The summed E-state index contributed by atoms with van der Waals surface area (Å²) in [6.07, 6.45) is 7.62. The maximum absolute atomic E-state index is 13.0. The van der Waals surface area contributed by atoms with Crippen LogP contribution in [0.25, 0.3) is 0 Å². The number of amides is 3. The Morgan fingerprint density at radius 2 is 1.74 bits per heavy atom. The monoisotopic (exact) mass is 539 g/mol. The van der Waals surface area contributed by atoms with Crippen LogP contribution in [0.4, 0.5) is 0 Å². The quantitative estimate of drug-likeness (QED) is 0.279. The lowest BCUT2D eigenvalue weighted by Crippen LogP contribution is -2.54. The Bertz CT molecular complexity index is 1020. The Balaban J connectivity index is 0.000000658. The van der Waals surface area contributed by atoms with Crippen molar-refractivity contribution in [2.45, 2.75) is 90.4 Å². The number of benzene rings is 1. The molecule has 2 heterocycles. The van der Waals surface area contributed by atoms with Gasteiger partial charge in [0.15, 0.2) is 0 Å². The molecule has 1 saturated heterocycles. The summed E-state index contributed by atoms with van der Waals surface area (Å²) in [5.74, 6) is -1.18. The van der Waals surface area contributed by atoms with Crippen molar-refractivity contribution in [3.8, 4) is 0 Å². The van der Waals surface area contributed by atoms with Crippen molar-refractivity contribution in [2.24, 2.45) is 0 Å². The zero-order valence-corrected chi connectivity index (χ0v) is 23.9. The molecule has 2 unspecified atom stereocenters. The molecule has 10 nitrogen and oxygen atoms in total. The van der Waals surface area contributed by atoms with Gasteiger partial charge in [-0.05, 0) is 66.4 Å². The first-order chi connectivity index (χ1) is 18.5. The van der Waals surface area contributed by atoms with Crippen LogP contribution < -0.4 is 16.0 Å². The first-order valence-corrected chi connectivity index (χ1v) is 13.4. The number of nitrogens with zero attached hydrogens (tertiary/aromatic N) is 2. The van der Waals surface area contributed by atoms with E-state index in [0.717, 1.165) is 18.5 Å². The third-order valence-electron chi connectivity index (χ3n) is 6.79. The first-order valence-electron chi connectivity index (χ1n) is 13.4. The summed E-state index contributed by atoms with van der Waals surface area (Å²) < 4.78 is 12.4. The zero-order chi connectivity index (χ0) is 28.9. The van der Waals surface area contributed by atoms with Gasteiger partial charge in [0.05, 0.1) is 29.3 Å². The molecule has 3 amide bonds. The summed E-state index contributed by atoms with van der Waals surface area (Å²) in [4.78, 5) is 43.7. The van der Waals surface area contributed by atoms with Crippen molar-refractivity contribution in [1.29, 1.82) is 0 Å². The molecule has 1 aromatic heterocycles. The van der Waals surface area contributed by atoms with Gasteiger partial charge < -0.3 is 25.3 Å². The highest BCUT2D eigenvalue weighted by atomic mass is 16.7. The van der Waals surface area contributed by atoms with Crippen LogP contribution in [0.1, 0.15) is 65.1 Å². The van der Waals surface area contributed by atoms with Crippen molar-refractivity contribution in [3.63, 3.8) is 0 Å². The highest BCUT2D eigenvalue weighted by molar-refractivity contribution is 6.48. The van der Waals surface area contributed by atoms with Crippen molar-refractivity contribution >= 4 is 25.3 Å². The van der Waals surface area contributed by atoms with Gasteiger partial charge in [-0.25, -0.2) is 0 Å². The molecule has 1 aliphatic rings. The van der Waals surface area contributed by atoms with Crippen LogP contribution in [0.15, 0.2) is 48.9 Å². The molecule has 0 saturated carbocycles. The molecule has 0 spiro atoms. The molecule has 2 aromatic rings. The average molecular weight is 539 g/mol. The lowest BCUT2D eigenvalue weighted by Gasteiger charge is -2.32. The highest BCUT2D eigenvalue weighted by Gasteiger charge is 2.54. The van der Waals surface area contributed by atoms with Gasteiger partial charge in [0.1, 0.15) is 6.04 Å². The van der Waals surface area contributed by atoms with Gasteiger partial charge >= 0.3 is 7.12 Å². The number of aromatic nitrogens is 2. The predicted molar refractivity (Wildman–Crippen MR) is 150 cm³/mol. The van der Waals surface area contributed by atoms with Gasteiger partial charge in [-0.1, -0.05) is 30.3 Å². The second-order valence-electron chi connectivity index (χ2n) is 10.5. The van der Waals surface area contributed by atoms with Crippen LogP contribution in [-0.4, -0.2) is 65.0 Å². The molecule has 0 aliphatic carbocycles. The number of nitrogens with one attached hydrogen (secondary N) is 3. The Morgan fingerprint density at radius 1 is 1.08 bits per heavy atom. The van der Waals surface area contributed by atoms with Crippen molar-refractivity contribution in [1.82, 2.24) is 25.9 Å². The number of rotatable bonds is 12. The lowest BCUT2D eigenvalue weighted by atomic mass is 9.75. The molecule has 212 valence electrons. The normalized spacial score (nSPS) is 16.7. The van der Waals surface area contributed by atoms with Crippen molar-refractivity contribution < 1.29 is 23.7 Å². The minimum atomic E-state index is -0.974. The number of aryl methyl sites for hydroxylation is 2. The summed E-state index contributed by atoms with van der Waals surface area (Å²) >= 11 is 0. The van der Waals surface area contributed by atoms with Crippen LogP contribution in [0.2, 0.25) is 0 Å². The summed E-state index contributed by atoms with van der Waals surface area (Å²) in [5.41, 5.74) is 1.09. The molecule has 1 aromatic carbocycles. The van der Waals surface area contributed by atoms with E-state index in [1.165, 1.54) is 5.56 Å². The fourth-order valence-corrected chi connectivity index (χ4v) is 3.92. The minimum Gasteiger partial charge on any atom is -0.402 e. The lowest BCUT2D eigenvalue weighted by molar-refractivity contribution is -0.129. The number of hydrogen-bond acceptors (Lipinski definition) is 7. The second-order valence-corrected chi connectivity index (χ2v) is 10.5. The standard InChI is InChI=1S/C23H36BN3O5.C5H6N2/c1-6-25-20(29)15-18(26-16-28)21(30)27-19(14-10-13-17-11-8-7-9-12-17)24-31-22(2,3)23(4,5)32-24;1-5-4-6-2-3-7-5/h7-9,11-12,16,18-19H,6,10,13-15H2,1-5H3,(H,25,29)(H,26,28)(H,27,30);2-4H,1H3. The molecule has 0 radical (unpaired) electrons. The van der Waals surface area contributed by atoms with Gasteiger partial charge in [-0.2, -0.15) is 0 Å². The Kier molecular flexibility index (Phi) is 12.5. The first kappa shape index (κ1) is 31.9. The molecule has 3 rings (SSSR count). The molecule has 0 bridgehead atoms. The fraction of sp³-hybridized carbons (Fsp3) is 0.536. The maximum Gasteiger partial charge on any atom is 0.481 e. The van der Waals surface area contributed by atoms with Gasteiger partial charge in [-0.3, -0.25) is 24.4 Å². The van der Waals surface area contributed by atoms with Crippen molar-refractivity contribution in [2.75, 3.05) is 6.54 Å². The van der Waals surface area contributed by atoms with Crippen LogP contribution in [-0.2, 0) is 30.1 Å². The van der Waals surface area contributed by atoms with E-state index in [2.05, 4.69) is 38.1 Å². The van der Waals surface area contributed by atoms with E-state index in [1.54, 1.807) is 25.5 Å². The van der Waals surface area contributed by atoms with Crippen LogP contribution >= 0.6 is 0 Å². The molecule has 39 heavy (non-hydrogen) atoms. The molecule has 11 heteroatoms. The number of hydrogen-bond donors (Lipinski definition) is 3. The Morgan fingerprint density at radius 3 is 2.26 bits per heavy atom. The summed E-state index contributed by atoms with van der Waals surface area (Å²) in [6, 6.07) is 9.14. The maximum atomic E-state index is 13.0. The number of carbonyl (C=O) groups excluding carboxylic acids is 3. The van der Waals surface area contributed by atoms with Gasteiger partial charge in [0, 0.05) is 25.1 Å². The Hall–Kier alpha value is -3.31. The smallest absolute Gasteiger partial charge is 0.402 e. The van der Waals surface area contributed by atoms with E-state index in [9.17, 15) is 14.4 Å². The summed E-state index contributed by atoms with van der Waals surface area (Å²) in [5, 5.41) is 8.06. The minimum absolute atomic E-state index is 0.140. The summed E-state index contributed by atoms with van der Waals surface area (Å²) in [6.45, 7) is 12.0. The third kappa shape index (κ3) is 10.4. The van der Waals surface area contributed by atoms with E-state index in [-0.39, 0.29) is 12.3 Å². The second kappa shape index (κ2) is 15.3. The average Bonchev–Trinajstić information content (AvgIpc) is 3.11. The van der Waals surface area contributed by atoms with Crippen LogP contribution in [0.3, 0.4) is 0 Å². The molecular weight excluding hydrogens is 497 g/mol. The van der Waals surface area contributed by atoms with Crippen molar-refractivity contribution in [3.05, 3.63) is 60.2 Å². The topological polar surface area (TPSA) is 132 Å².